The maximum Gasteiger partial charge on any atom is 0.242 e. The van der Waals surface area contributed by atoms with Crippen LogP contribution in [0.5, 0.6) is 0 Å². The molecule has 1 heterocycles. The Balaban J connectivity index is 2.86. The topological polar surface area (TPSA) is 55.6 Å². The Hall–Kier alpha value is -0.610. The van der Waals surface area contributed by atoms with Crippen molar-refractivity contribution < 1.29 is 9.53 Å². The summed E-state index contributed by atoms with van der Waals surface area (Å²) in [5.74, 6) is 0.0359. The van der Waals surface area contributed by atoms with Gasteiger partial charge in [-0.3, -0.25) is 4.79 Å². The van der Waals surface area contributed by atoms with Crippen molar-refractivity contribution in [2.24, 2.45) is 5.73 Å². The molecule has 1 atom stereocenters. The van der Waals surface area contributed by atoms with Crippen LogP contribution in [0.1, 0.15) is 54.4 Å². The molecular formula is C14H28N2O2. The number of nitrogens with two attached hydrogens (primary N) is 1. The van der Waals surface area contributed by atoms with E-state index in [9.17, 15) is 4.79 Å². The zero-order valence-corrected chi connectivity index (χ0v) is 12.7. The number of carbonyl (C=O) groups excluding carboxylic acids is 1. The second kappa shape index (κ2) is 4.82. The van der Waals surface area contributed by atoms with Crippen LogP contribution >= 0.6 is 0 Å². The summed E-state index contributed by atoms with van der Waals surface area (Å²) in [6.45, 7) is 13.1. The minimum absolute atomic E-state index is 0.0359. The Bertz CT molecular complexity index is 306. The summed E-state index contributed by atoms with van der Waals surface area (Å²) in [6.07, 6.45) is 1.62. The Morgan fingerprint density at radius 2 is 1.72 bits per heavy atom. The zero-order chi connectivity index (χ0) is 14.2. The molecule has 106 valence electrons. The molecule has 0 aliphatic carbocycles. The lowest BCUT2D eigenvalue weighted by Crippen LogP contribution is -2.63. The molecule has 0 aromatic rings. The lowest BCUT2D eigenvalue weighted by atomic mass is 9.92. The lowest BCUT2D eigenvalue weighted by Gasteiger charge is -2.48. The van der Waals surface area contributed by atoms with Crippen molar-refractivity contribution in [3.63, 3.8) is 0 Å². The smallest absolute Gasteiger partial charge is 0.242 e. The van der Waals surface area contributed by atoms with Crippen LogP contribution in [-0.2, 0) is 9.53 Å². The number of nitrogens with zero attached hydrogens (tertiary/aromatic N) is 1. The standard InChI is InChI=1S/C14H28N2O2/c1-7-8-14(6,15)11(17)16-9-12(2,3)18-13(4,5)10-16/h7-10,15H2,1-6H3. The van der Waals surface area contributed by atoms with Gasteiger partial charge < -0.3 is 15.4 Å². The minimum Gasteiger partial charge on any atom is -0.366 e. The molecule has 0 bridgehead atoms. The third-order valence-corrected chi connectivity index (χ3v) is 3.24. The molecular weight excluding hydrogens is 228 g/mol. The first-order chi connectivity index (χ1) is 7.99. The van der Waals surface area contributed by atoms with E-state index in [2.05, 4.69) is 0 Å². The van der Waals surface area contributed by atoms with Crippen LogP contribution in [0.15, 0.2) is 0 Å². The molecule has 18 heavy (non-hydrogen) atoms. The monoisotopic (exact) mass is 256 g/mol. The summed E-state index contributed by atoms with van der Waals surface area (Å²) >= 11 is 0. The average Bonchev–Trinajstić information content (AvgIpc) is 2.11. The minimum atomic E-state index is -0.766. The number of hydrogen-bond donors (Lipinski definition) is 1. The number of hydrogen-bond acceptors (Lipinski definition) is 3. The molecule has 1 saturated heterocycles. The second-order valence-corrected chi connectivity index (χ2v) is 6.95. The lowest BCUT2D eigenvalue weighted by molar-refractivity contribution is -0.190. The molecule has 1 rings (SSSR count). The first kappa shape index (κ1) is 15.4. The van der Waals surface area contributed by atoms with E-state index in [1.165, 1.54) is 0 Å². The van der Waals surface area contributed by atoms with E-state index in [0.717, 1.165) is 6.42 Å². The maximum atomic E-state index is 12.5. The Morgan fingerprint density at radius 1 is 1.28 bits per heavy atom. The maximum absolute atomic E-state index is 12.5. The van der Waals surface area contributed by atoms with Gasteiger partial charge >= 0.3 is 0 Å². The molecule has 1 aliphatic heterocycles. The van der Waals surface area contributed by atoms with Gasteiger partial charge in [0.2, 0.25) is 5.91 Å². The van der Waals surface area contributed by atoms with E-state index in [1.807, 2.05) is 46.4 Å². The van der Waals surface area contributed by atoms with E-state index >= 15 is 0 Å². The number of ether oxygens (including phenoxy) is 1. The normalized spacial score (nSPS) is 25.6. The van der Waals surface area contributed by atoms with Crippen LogP contribution in [0, 0.1) is 0 Å². The summed E-state index contributed by atoms with van der Waals surface area (Å²) in [5.41, 5.74) is 4.74. The van der Waals surface area contributed by atoms with E-state index < -0.39 is 5.54 Å². The van der Waals surface area contributed by atoms with Crippen molar-refractivity contribution in [2.75, 3.05) is 13.1 Å². The Kier molecular flexibility index (Phi) is 4.13. The van der Waals surface area contributed by atoms with Crippen molar-refractivity contribution in [1.82, 2.24) is 4.90 Å². The van der Waals surface area contributed by atoms with Crippen LogP contribution in [0.2, 0.25) is 0 Å². The first-order valence-electron chi connectivity index (χ1n) is 6.77. The fourth-order valence-corrected chi connectivity index (χ4v) is 2.92. The van der Waals surface area contributed by atoms with E-state index in [4.69, 9.17) is 10.5 Å². The third kappa shape index (κ3) is 3.69. The van der Waals surface area contributed by atoms with Crippen molar-refractivity contribution in [2.45, 2.75) is 71.1 Å². The first-order valence-corrected chi connectivity index (χ1v) is 6.77. The molecule has 4 heteroatoms. The highest BCUT2D eigenvalue weighted by Crippen LogP contribution is 2.29. The van der Waals surface area contributed by atoms with Crippen LogP contribution in [0.25, 0.3) is 0 Å². The van der Waals surface area contributed by atoms with Gasteiger partial charge in [-0.15, -0.1) is 0 Å². The van der Waals surface area contributed by atoms with Crippen LogP contribution in [-0.4, -0.2) is 40.6 Å². The second-order valence-electron chi connectivity index (χ2n) is 6.95. The Morgan fingerprint density at radius 3 is 2.11 bits per heavy atom. The zero-order valence-electron chi connectivity index (χ0n) is 12.7. The van der Waals surface area contributed by atoms with Gasteiger partial charge in [0.05, 0.1) is 16.7 Å². The van der Waals surface area contributed by atoms with Crippen LogP contribution in [0.4, 0.5) is 0 Å². The number of amides is 1. The highest BCUT2D eigenvalue weighted by atomic mass is 16.5. The van der Waals surface area contributed by atoms with E-state index in [0.29, 0.717) is 19.5 Å². The largest absolute Gasteiger partial charge is 0.366 e. The molecule has 1 fully saturated rings. The van der Waals surface area contributed by atoms with Gasteiger partial charge in [0.1, 0.15) is 0 Å². The molecule has 0 aromatic carbocycles. The van der Waals surface area contributed by atoms with E-state index in [-0.39, 0.29) is 17.1 Å². The van der Waals surface area contributed by atoms with Gasteiger partial charge in [0, 0.05) is 13.1 Å². The fourth-order valence-electron chi connectivity index (χ4n) is 2.92. The van der Waals surface area contributed by atoms with Crippen molar-refractivity contribution >= 4 is 5.91 Å². The fraction of sp³-hybridized carbons (Fsp3) is 0.929. The molecule has 4 nitrogen and oxygen atoms in total. The number of carbonyl (C=O) groups is 1. The average molecular weight is 256 g/mol. The molecule has 1 amide bonds. The number of morpholine rings is 1. The predicted molar refractivity (Wildman–Crippen MR) is 73.3 cm³/mol. The summed E-state index contributed by atoms with van der Waals surface area (Å²) in [7, 11) is 0. The van der Waals surface area contributed by atoms with Crippen LogP contribution in [0.3, 0.4) is 0 Å². The quantitative estimate of drug-likeness (QED) is 0.839. The molecule has 1 unspecified atom stereocenters. The van der Waals surface area contributed by atoms with Gasteiger partial charge in [-0.1, -0.05) is 13.3 Å². The van der Waals surface area contributed by atoms with Crippen molar-refractivity contribution in [1.29, 1.82) is 0 Å². The third-order valence-electron chi connectivity index (χ3n) is 3.24. The molecule has 0 aromatic heterocycles. The summed E-state index contributed by atoms with van der Waals surface area (Å²) in [4.78, 5) is 14.4. The molecule has 0 saturated carbocycles. The Labute approximate surface area is 111 Å². The van der Waals surface area contributed by atoms with Crippen LogP contribution < -0.4 is 5.73 Å². The van der Waals surface area contributed by atoms with Gasteiger partial charge in [-0.25, -0.2) is 0 Å². The molecule has 0 radical (unpaired) electrons. The summed E-state index contributed by atoms with van der Waals surface area (Å²) in [6, 6.07) is 0. The highest BCUT2D eigenvalue weighted by Gasteiger charge is 2.43. The summed E-state index contributed by atoms with van der Waals surface area (Å²) < 4.78 is 5.98. The molecule has 1 aliphatic rings. The van der Waals surface area contributed by atoms with Crippen molar-refractivity contribution in [3.8, 4) is 0 Å². The number of rotatable bonds is 3. The molecule has 0 spiro atoms. The molecule has 2 N–H and O–H groups in total. The SMILES string of the molecule is CCCC(C)(N)C(=O)N1CC(C)(C)OC(C)(C)C1. The van der Waals surface area contributed by atoms with Gasteiger partial charge in [0.25, 0.3) is 0 Å². The van der Waals surface area contributed by atoms with Gasteiger partial charge in [-0.05, 0) is 41.0 Å². The summed E-state index contributed by atoms with van der Waals surface area (Å²) in [5, 5.41) is 0. The van der Waals surface area contributed by atoms with Gasteiger partial charge in [-0.2, -0.15) is 0 Å². The van der Waals surface area contributed by atoms with E-state index in [1.54, 1.807) is 0 Å². The highest BCUT2D eigenvalue weighted by molar-refractivity contribution is 5.85. The van der Waals surface area contributed by atoms with Gasteiger partial charge in [0.15, 0.2) is 0 Å². The predicted octanol–water partition coefficient (Wildman–Crippen LogP) is 1.92. The van der Waals surface area contributed by atoms with Crippen molar-refractivity contribution in [3.05, 3.63) is 0 Å².